The molecule has 0 aliphatic carbocycles. The second-order valence-corrected chi connectivity index (χ2v) is 12.4. The third kappa shape index (κ3) is 7.74. The van der Waals surface area contributed by atoms with Crippen molar-refractivity contribution in [1.82, 2.24) is 0 Å². The van der Waals surface area contributed by atoms with Crippen LogP contribution in [0.3, 0.4) is 0 Å². The van der Waals surface area contributed by atoms with Gasteiger partial charge in [0.1, 0.15) is 0 Å². The molecule has 0 heterocycles. The molecule has 0 saturated heterocycles. The van der Waals surface area contributed by atoms with Gasteiger partial charge in [-0.2, -0.15) is 0 Å². The maximum atomic E-state index is 12.9. The Kier molecular flexibility index (Phi) is 9.09. The highest BCUT2D eigenvalue weighted by molar-refractivity contribution is 7.94. The highest BCUT2D eigenvalue weighted by Gasteiger charge is 2.18. The van der Waals surface area contributed by atoms with Crippen LogP contribution in [0.4, 0.5) is 11.4 Å². The number of hydrogen-bond acceptors (Lipinski definition) is 10. The monoisotopic (exact) mass is 558 g/mol. The van der Waals surface area contributed by atoms with Crippen molar-refractivity contribution in [1.29, 1.82) is 0 Å². The molecule has 10 nitrogen and oxygen atoms in total. The van der Waals surface area contributed by atoms with Crippen molar-refractivity contribution in [3.63, 3.8) is 0 Å². The van der Waals surface area contributed by atoms with Gasteiger partial charge in [-0.25, -0.2) is 16.8 Å². The zero-order chi connectivity index (χ0) is 28.1. The SMILES string of the molecule is Cc1cc(CS(=O)(=O)/C=C/c2ccccc2N([O-])O)c(CS(=O)(=O)/C=C/c2ccccc2N([O-])O)cc1C. The molecule has 0 spiro atoms. The first kappa shape index (κ1) is 29.0. The molecule has 0 unspecified atom stereocenters. The van der Waals surface area contributed by atoms with Gasteiger partial charge >= 0.3 is 0 Å². The van der Waals surface area contributed by atoms with Crippen molar-refractivity contribution >= 4 is 43.2 Å². The molecule has 0 aromatic heterocycles. The van der Waals surface area contributed by atoms with Gasteiger partial charge in [0, 0.05) is 10.8 Å². The van der Waals surface area contributed by atoms with E-state index in [1.807, 2.05) is 0 Å². The Hall–Kier alpha value is -3.52. The molecule has 0 bridgehead atoms. The standard InChI is InChI=1S/C26H26N2O8S2/c1-19-15-23(17-37(33,34)13-11-21-7-3-5-9-25(21)27(29)30)24(16-20(19)2)18-38(35,36)14-12-22-8-4-6-10-26(22)28(31)32/h3-16,29,31H,17-18H2,1-2H3/q-2/b13-11+,14-12+. The number of para-hydroxylation sites is 2. The minimum Gasteiger partial charge on any atom is -0.733 e. The first-order valence-corrected chi connectivity index (χ1v) is 14.6. The number of sulfone groups is 2. The Balaban J connectivity index is 1.90. The summed E-state index contributed by atoms with van der Waals surface area (Å²) in [5.74, 6) is -1.000. The summed E-state index contributed by atoms with van der Waals surface area (Å²) < 4.78 is 51.7. The lowest BCUT2D eigenvalue weighted by atomic mass is 10.0. The molecule has 3 aromatic rings. The van der Waals surface area contributed by atoms with Crippen LogP contribution in [0.5, 0.6) is 0 Å². The van der Waals surface area contributed by atoms with Gasteiger partial charge in [-0.3, -0.25) is 10.4 Å². The van der Waals surface area contributed by atoms with E-state index in [1.165, 1.54) is 48.6 Å². The Morgan fingerprint density at radius 1 is 0.684 bits per heavy atom. The molecule has 0 aliphatic rings. The van der Waals surface area contributed by atoms with E-state index in [0.29, 0.717) is 0 Å². The molecule has 0 atom stereocenters. The van der Waals surface area contributed by atoms with Gasteiger partial charge < -0.3 is 20.9 Å². The Labute approximate surface area is 221 Å². The highest BCUT2D eigenvalue weighted by atomic mass is 32.2. The van der Waals surface area contributed by atoms with Crippen LogP contribution in [0, 0.1) is 24.3 Å². The molecule has 0 aliphatic heterocycles. The van der Waals surface area contributed by atoms with E-state index in [0.717, 1.165) is 21.9 Å². The zero-order valence-corrected chi connectivity index (χ0v) is 22.2. The summed E-state index contributed by atoms with van der Waals surface area (Å²) in [6.45, 7) is 3.56. The summed E-state index contributed by atoms with van der Waals surface area (Å²) in [6.07, 6.45) is 2.37. The second kappa shape index (κ2) is 11.9. The molecule has 0 amide bonds. The van der Waals surface area contributed by atoms with Crippen LogP contribution in [0.25, 0.3) is 12.2 Å². The molecule has 0 saturated carbocycles. The van der Waals surface area contributed by atoms with Crippen molar-refractivity contribution in [3.8, 4) is 0 Å². The summed E-state index contributed by atoms with van der Waals surface area (Å²) in [5.41, 5.74) is 2.22. The number of nitrogens with zero attached hydrogens (tertiary/aromatic N) is 2. The Morgan fingerprint density at radius 2 is 1.03 bits per heavy atom. The first-order valence-electron chi connectivity index (χ1n) is 11.2. The largest absolute Gasteiger partial charge is 0.733 e. The van der Waals surface area contributed by atoms with E-state index in [1.54, 1.807) is 38.1 Å². The number of anilines is 2. The average Bonchev–Trinajstić information content (AvgIpc) is 2.84. The van der Waals surface area contributed by atoms with E-state index in [4.69, 9.17) is 0 Å². The maximum Gasteiger partial charge on any atom is 0.175 e. The topological polar surface area (TPSA) is 161 Å². The predicted octanol–water partition coefficient (Wildman–Crippen LogP) is 4.86. The third-order valence-electron chi connectivity index (χ3n) is 5.72. The van der Waals surface area contributed by atoms with E-state index in [-0.39, 0.29) is 44.1 Å². The van der Waals surface area contributed by atoms with Gasteiger partial charge in [0.15, 0.2) is 19.7 Å². The fourth-order valence-corrected chi connectivity index (χ4v) is 6.00. The molecule has 202 valence electrons. The molecule has 12 heteroatoms. The number of benzene rings is 3. The summed E-state index contributed by atoms with van der Waals surface area (Å²) >= 11 is 0. The van der Waals surface area contributed by atoms with Crippen molar-refractivity contribution in [2.24, 2.45) is 0 Å². The molecule has 3 rings (SSSR count). The molecule has 0 fully saturated rings. The minimum absolute atomic E-state index is 0.133. The number of hydrogen-bond donors (Lipinski definition) is 2. The summed E-state index contributed by atoms with van der Waals surface area (Å²) in [4.78, 5) is 0. The van der Waals surface area contributed by atoms with E-state index in [9.17, 15) is 37.7 Å². The van der Waals surface area contributed by atoms with Gasteiger partial charge in [-0.05, 0) is 71.5 Å². The van der Waals surface area contributed by atoms with E-state index in [2.05, 4.69) is 0 Å². The number of rotatable bonds is 10. The lowest BCUT2D eigenvalue weighted by Crippen LogP contribution is -2.10. The number of aryl methyl sites for hydroxylation is 2. The Bertz CT molecular complexity index is 1460. The molecular weight excluding hydrogens is 532 g/mol. The van der Waals surface area contributed by atoms with Gasteiger partial charge in [-0.1, -0.05) is 48.5 Å². The van der Waals surface area contributed by atoms with Crippen LogP contribution in [-0.4, -0.2) is 27.3 Å². The van der Waals surface area contributed by atoms with Crippen LogP contribution >= 0.6 is 0 Å². The summed E-state index contributed by atoms with van der Waals surface area (Å²) in [6, 6.07) is 15.0. The molecule has 2 N–H and O–H groups in total. The van der Waals surface area contributed by atoms with Crippen LogP contribution in [-0.2, 0) is 31.2 Å². The van der Waals surface area contributed by atoms with Crippen LogP contribution in [0.1, 0.15) is 33.4 Å². The quantitative estimate of drug-likeness (QED) is 0.329. The van der Waals surface area contributed by atoms with Gasteiger partial charge in [-0.15, -0.1) is 0 Å². The average molecular weight is 559 g/mol. The lowest BCUT2D eigenvalue weighted by molar-refractivity contribution is 0.296. The Morgan fingerprint density at radius 3 is 1.37 bits per heavy atom. The first-order chi connectivity index (χ1) is 17.8. The zero-order valence-electron chi connectivity index (χ0n) is 20.6. The second-order valence-electron chi connectivity index (χ2n) is 8.59. The maximum absolute atomic E-state index is 12.9. The predicted molar refractivity (Wildman–Crippen MR) is 147 cm³/mol. The van der Waals surface area contributed by atoms with Crippen molar-refractivity contribution in [2.75, 3.05) is 10.5 Å². The van der Waals surface area contributed by atoms with E-state index >= 15 is 0 Å². The molecule has 3 aromatic carbocycles. The molecule has 38 heavy (non-hydrogen) atoms. The third-order valence-corrected chi connectivity index (χ3v) is 8.25. The fraction of sp³-hybridized carbons (Fsp3) is 0.154. The minimum atomic E-state index is -3.92. The molecular formula is C26H26N2O8S2-2. The summed E-state index contributed by atoms with van der Waals surface area (Å²) in [5, 5.41) is 42.2. The van der Waals surface area contributed by atoms with Crippen molar-refractivity contribution < 1.29 is 27.3 Å². The van der Waals surface area contributed by atoms with Crippen LogP contribution in [0.2, 0.25) is 0 Å². The molecule has 0 radical (unpaired) electrons. The van der Waals surface area contributed by atoms with Crippen LogP contribution < -0.4 is 10.5 Å². The van der Waals surface area contributed by atoms with E-state index < -0.39 is 31.2 Å². The van der Waals surface area contributed by atoms with Crippen molar-refractivity contribution in [3.05, 3.63) is 115 Å². The van der Waals surface area contributed by atoms with Crippen LogP contribution in [0.15, 0.2) is 71.5 Å². The van der Waals surface area contributed by atoms with Gasteiger partial charge in [0.2, 0.25) is 0 Å². The smallest absolute Gasteiger partial charge is 0.175 e. The normalized spacial score (nSPS) is 12.4. The van der Waals surface area contributed by atoms with Gasteiger partial charge in [0.25, 0.3) is 0 Å². The van der Waals surface area contributed by atoms with Gasteiger partial charge in [0.05, 0.1) is 22.9 Å². The lowest BCUT2D eigenvalue weighted by Gasteiger charge is -2.23. The highest BCUT2D eigenvalue weighted by Crippen LogP contribution is 2.25. The van der Waals surface area contributed by atoms with Crippen molar-refractivity contribution in [2.45, 2.75) is 25.4 Å². The fourth-order valence-electron chi connectivity index (χ4n) is 3.69. The summed E-state index contributed by atoms with van der Waals surface area (Å²) in [7, 11) is -7.83.